The molecule has 6 nitrogen and oxygen atoms in total. The lowest BCUT2D eigenvalue weighted by Crippen LogP contribution is -2.14. The average Bonchev–Trinajstić information content (AvgIpc) is 2.91. The van der Waals surface area contributed by atoms with Crippen LogP contribution in [0.1, 0.15) is 25.5 Å². The van der Waals surface area contributed by atoms with Gasteiger partial charge in [0.2, 0.25) is 0 Å². The predicted molar refractivity (Wildman–Crippen MR) is 81.0 cm³/mol. The molecule has 0 aliphatic heterocycles. The molecule has 0 bridgehead atoms. The summed E-state index contributed by atoms with van der Waals surface area (Å²) in [4.78, 5) is 0.0885. The van der Waals surface area contributed by atoms with Crippen LogP contribution in [0, 0.1) is 0 Å². The third kappa shape index (κ3) is 3.75. The Labute approximate surface area is 124 Å². The van der Waals surface area contributed by atoms with Crippen LogP contribution in [0.15, 0.2) is 35.2 Å². The second kappa shape index (κ2) is 6.62. The highest BCUT2D eigenvalue weighted by Crippen LogP contribution is 2.24. The highest BCUT2D eigenvalue weighted by Gasteiger charge is 2.20. The van der Waals surface area contributed by atoms with Crippen molar-refractivity contribution < 1.29 is 13.2 Å². The van der Waals surface area contributed by atoms with E-state index in [4.69, 9.17) is 4.74 Å². The van der Waals surface area contributed by atoms with Crippen molar-refractivity contribution in [3.8, 4) is 5.75 Å². The first-order valence-electron chi connectivity index (χ1n) is 6.77. The average molecular weight is 309 g/mol. The summed E-state index contributed by atoms with van der Waals surface area (Å²) < 4.78 is 32.3. The van der Waals surface area contributed by atoms with Crippen molar-refractivity contribution in [3.05, 3.63) is 36.0 Å². The van der Waals surface area contributed by atoms with E-state index in [1.807, 2.05) is 0 Å². The molecule has 0 saturated heterocycles. The topological polar surface area (TPSA) is 84.1 Å². The number of ether oxygens (including phenoxy) is 1. The van der Waals surface area contributed by atoms with Gasteiger partial charge in [0.05, 0.1) is 7.11 Å². The number of benzene rings is 1. The molecule has 7 heteroatoms. The van der Waals surface area contributed by atoms with Crippen molar-refractivity contribution in [2.45, 2.75) is 31.1 Å². The molecule has 21 heavy (non-hydrogen) atoms. The maximum Gasteiger partial charge on any atom is 0.266 e. The molecule has 114 valence electrons. The minimum atomic E-state index is -3.72. The fraction of sp³-hybridized carbons (Fsp3) is 0.357. The number of para-hydroxylation sites is 1. The summed E-state index contributed by atoms with van der Waals surface area (Å²) in [5.41, 5.74) is 0.912. The number of hydrogen-bond donors (Lipinski definition) is 2. The van der Waals surface area contributed by atoms with Gasteiger partial charge in [0, 0.05) is 11.8 Å². The van der Waals surface area contributed by atoms with Crippen molar-refractivity contribution in [1.29, 1.82) is 0 Å². The van der Waals surface area contributed by atoms with Crippen LogP contribution in [0.2, 0.25) is 0 Å². The van der Waals surface area contributed by atoms with Crippen LogP contribution in [-0.2, 0) is 16.4 Å². The van der Waals surface area contributed by atoms with Gasteiger partial charge in [-0.1, -0.05) is 25.5 Å². The molecule has 0 amide bonds. The van der Waals surface area contributed by atoms with Gasteiger partial charge in [-0.2, -0.15) is 5.10 Å². The fourth-order valence-corrected chi connectivity index (χ4v) is 3.11. The van der Waals surface area contributed by atoms with Crippen molar-refractivity contribution >= 4 is 15.8 Å². The summed E-state index contributed by atoms with van der Waals surface area (Å²) in [6.07, 6.45) is 2.95. The van der Waals surface area contributed by atoms with E-state index in [1.54, 1.807) is 24.3 Å². The molecular formula is C14H19N3O3S. The summed E-state index contributed by atoms with van der Waals surface area (Å²) in [6, 6.07) is 8.17. The zero-order valence-electron chi connectivity index (χ0n) is 12.1. The Morgan fingerprint density at radius 2 is 2.10 bits per heavy atom. The van der Waals surface area contributed by atoms with Crippen molar-refractivity contribution in [2.24, 2.45) is 0 Å². The number of sulfonamides is 1. The smallest absolute Gasteiger partial charge is 0.266 e. The van der Waals surface area contributed by atoms with Gasteiger partial charge >= 0.3 is 0 Å². The van der Waals surface area contributed by atoms with Crippen LogP contribution < -0.4 is 9.46 Å². The molecular weight excluding hydrogens is 290 g/mol. The summed E-state index contributed by atoms with van der Waals surface area (Å²) in [5, 5.41) is 6.81. The molecule has 1 heterocycles. The van der Waals surface area contributed by atoms with E-state index >= 15 is 0 Å². The number of aryl methyl sites for hydroxylation is 1. The van der Waals surface area contributed by atoms with Gasteiger partial charge in [-0.05, 0) is 25.0 Å². The Bertz CT molecular complexity index is 695. The quantitative estimate of drug-likeness (QED) is 0.823. The Balaban J connectivity index is 2.19. The summed E-state index contributed by atoms with van der Waals surface area (Å²) in [5.74, 6) is 0.582. The summed E-state index contributed by atoms with van der Waals surface area (Å²) in [7, 11) is -2.28. The Morgan fingerprint density at radius 3 is 2.81 bits per heavy atom. The van der Waals surface area contributed by atoms with Gasteiger partial charge in [0.15, 0.2) is 5.82 Å². The second-order valence-corrected chi connectivity index (χ2v) is 6.29. The first kappa shape index (κ1) is 15.4. The standard InChI is InChI=1S/C14H19N3O3S/c1-3-4-7-11-10-14(16-15-11)17-21(18,19)13-9-6-5-8-12(13)20-2/h5-6,8-10H,3-4,7H2,1-2H3,(H2,15,16,17). The Morgan fingerprint density at radius 1 is 1.33 bits per heavy atom. The van der Waals surface area contributed by atoms with Crippen LogP contribution in [0.5, 0.6) is 5.75 Å². The molecule has 0 saturated carbocycles. The summed E-state index contributed by atoms with van der Waals surface area (Å²) >= 11 is 0. The highest BCUT2D eigenvalue weighted by atomic mass is 32.2. The predicted octanol–water partition coefficient (Wildman–Crippen LogP) is 2.56. The van der Waals surface area contributed by atoms with Gasteiger partial charge in [-0.25, -0.2) is 8.42 Å². The largest absolute Gasteiger partial charge is 0.495 e. The lowest BCUT2D eigenvalue weighted by Gasteiger charge is -2.09. The molecule has 2 N–H and O–H groups in total. The number of rotatable bonds is 7. The number of H-pyrrole nitrogens is 1. The van der Waals surface area contributed by atoms with Gasteiger partial charge in [0.25, 0.3) is 10.0 Å². The molecule has 2 aromatic rings. The number of aromatic nitrogens is 2. The van der Waals surface area contributed by atoms with Gasteiger partial charge in [-0.15, -0.1) is 0 Å². The first-order valence-corrected chi connectivity index (χ1v) is 8.25. The lowest BCUT2D eigenvalue weighted by atomic mass is 10.2. The van der Waals surface area contributed by atoms with Crippen LogP contribution in [0.3, 0.4) is 0 Å². The maximum atomic E-state index is 12.4. The zero-order chi connectivity index (χ0) is 15.3. The molecule has 0 spiro atoms. The second-order valence-electron chi connectivity index (χ2n) is 4.64. The number of aromatic amines is 1. The van der Waals surface area contributed by atoms with E-state index in [9.17, 15) is 8.42 Å². The molecule has 0 aliphatic carbocycles. The molecule has 0 radical (unpaired) electrons. The zero-order valence-corrected chi connectivity index (χ0v) is 12.9. The number of anilines is 1. The number of hydrogen-bond acceptors (Lipinski definition) is 4. The van der Waals surface area contributed by atoms with Crippen LogP contribution in [-0.4, -0.2) is 25.7 Å². The minimum absolute atomic E-state index is 0.0885. The van der Waals surface area contributed by atoms with Crippen molar-refractivity contribution in [2.75, 3.05) is 11.8 Å². The van der Waals surface area contributed by atoms with E-state index in [0.29, 0.717) is 5.75 Å². The van der Waals surface area contributed by atoms with Crippen LogP contribution in [0.4, 0.5) is 5.82 Å². The molecule has 0 atom stereocenters. The molecule has 0 aliphatic rings. The number of methoxy groups -OCH3 is 1. The van der Waals surface area contributed by atoms with Crippen LogP contribution >= 0.6 is 0 Å². The van der Waals surface area contributed by atoms with Gasteiger partial charge < -0.3 is 4.74 Å². The number of nitrogens with zero attached hydrogens (tertiary/aromatic N) is 1. The molecule has 0 fully saturated rings. The van der Waals surface area contributed by atoms with Gasteiger partial charge in [-0.3, -0.25) is 9.82 Å². The first-order chi connectivity index (χ1) is 10.1. The molecule has 0 unspecified atom stereocenters. The number of unbranched alkanes of at least 4 members (excludes halogenated alkanes) is 1. The number of nitrogens with one attached hydrogen (secondary N) is 2. The molecule has 1 aromatic heterocycles. The third-order valence-corrected chi connectivity index (χ3v) is 4.42. The highest BCUT2D eigenvalue weighted by molar-refractivity contribution is 7.92. The third-order valence-electron chi connectivity index (χ3n) is 3.03. The van der Waals surface area contributed by atoms with Crippen molar-refractivity contribution in [1.82, 2.24) is 10.2 Å². The SMILES string of the molecule is CCCCc1cc(NS(=O)(=O)c2ccccc2OC)n[nH]1. The van der Waals surface area contributed by atoms with Crippen molar-refractivity contribution in [3.63, 3.8) is 0 Å². The maximum absolute atomic E-state index is 12.4. The van der Waals surface area contributed by atoms with E-state index in [-0.39, 0.29) is 10.7 Å². The Kier molecular flexibility index (Phi) is 4.85. The van der Waals surface area contributed by atoms with E-state index < -0.39 is 10.0 Å². The lowest BCUT2D eigenvalue weighted by molar-refractivity contribution is 0.403. The Hall–Kier alpha value is -2.02. The normalized spacial score (nSPS) is 11.3. The minimum Gasteiger partial charge on any atom is -0.495 e. The summed E-state index contributed by atoms with van der Waals surface area (Å²) in [6.45, 7) is 2.10. The monoisotopic (exact) mass is 309 g/mol. The van der Waals surface area contributed by atoms with Gasteiger partial charge in [0.1, 0.15) is 10.6 Å². The van der Waals surface area contributed by atoms with Crippen LogP contribution in [0.25, 0.3) is 0 Å². The molecule has 2 rings (SSSR count). The molecule has 1 aromatic carbocycles. The van der Waals surface area contributed by atoms with E-state index in [0.717, 1.165) is 25.0 Å². The van der Waals surface area contributed by atoms with E-state index in [2.05, 4.69) is 21.8 Å². The fourth-order valence-electron chi connectivity index (χ4n) is 1.94. The van der Waals surface area contributed by atoms with E-state index in [1.165, 1.54) is 13.2 Å².